The van der Waals surface area contributed by atoms with Gasteiger partial charge in [0.05, 0.1) is 24.7 Å². The van der Waals surface area contributed by atoms with Crippen molar-refractivity contribution in [3.05, 3.63) is 23.8 Å². The maximum Gasteiger partial charge on any atom is 0.377 e. The summed E-state index contributed by atoms with van der Waals surface area (Å²) in [7, 11) is 0. The number of carboxylic acid groups (broad SMARTS) is 1. The summed E-state index contributed by atoms with van der Waals surface area (Å²) < 4.78 is 35.5. The lowest BCUT2D eigenvalue weighted by atomic mass is 9.95. The molecular formula is C14H13F2N3O4S. The molecule has 2 aromatic rings. The minimum atomic E-state index is -4.32. The fourth-order valence-electron chi connectivity index (χ4n) is 2.74. The second-order valence-electron chi connectivity index (χ2n) is 5.70. The van der Waals surface area contributed by atoms with Gasteiger partial charge in [-0.25, -0.2) is 4.79 Å². The first-order chi connectivity index (χ1) is 11.2. The van der Waals surface area contributed by atoms with Crippen LogP contribution in [0.25, 0.3) is 11.0 Å². The summed E-state index contributed by atoms with van der Waals surface area (Å²) >= 11 is 1.00. The Kier molecular flexibility index (Phi) is 3.96. The third kappa shape index (κ3) is 2.61. The van der Waals surface area contributed by atoms with Crippen molar-refractivity contribution in [2.24, 2.45) is 0 Å². The topological polar surface area (TPSA) is 104 Å². The van der Waals surface area contributed by atoms with Crippen LogP contribution in [-0.2, 0) is 16.0 Å². The van der Waals surface area contributed by atoms with E-state index < -0.39 is 36.4 Å². The molecule has 7 nitrogen and oxygen atoms in total. The third-order valence-electron chi connectivity index (χ3n) is 4.16. The first-order valence-corrected chi connectivity index (χ1v) is 7.79. The van der Waals surface area contributed by atoms with Crippen LogP contribution in [0.2, 0.25) is 0 Å². The highest BCUT2D eigenvalue weighted by molar-refractivity contribution is 7.00. The van der Waals surface area contributed by atoms with Gasteiger partial charge in [0.1, 0.15) is 11.0 Å². The Balaban J connectivity index is 1.76. The molecule has 1 aromatic heterocycles. The number of carbonyl (C=O) groups is 2. The number of aliphatic carboxylic acids is 1. The molecule has 1 unspecified atom stereocenters. The van der Waals surface area contributed by atoms with E-state index in [-0.39, 0.29) is 13.0 Å². The van der Waals surface area contributed by atoms with Crippen LogP contribution in [0.3, 0.4) is 0 Å². The number of hydrogen-bond donors (Lipinski definition) is 2. The predicted octanol–water partition coefficient (Wildman–Crippen LogP) is 0.917. The highest BCUT2D eigenvalue weighted by Crippen LogP contribution is 2.37. The predicted molar refractivity (Wildman–Crippen MR) is 79.8 cm³/mol. The number of nitrogens with zero attached hydrogens (tertiary/aromatic N) is 3. The van der Waals surface area contributed by atoms with Crippen LogP contribution in [0.1, 0.15) is 12.0 Å². The maximum absolute atomic E-state index is 13.7. The van der Waals surface area contributed by atoms with Gasteiger partial charge >= 0.3 is 11.9 Å². The second-order valence-corrected chi connectivity index (χ2v) is 6.23. The molecule has 0 aliphatic carbocycles. The van der Waals surface area contributed by atoms with Gasteiger partial charge in [0.15, 0.2) is 5.60 Å². The summed E-state index contributed by atoms with van der Waals surface area (Å²) in [5, 5.41) is 18.6. The van der Waals surface area contributed by atoms with E-state index in [2.05, 4.69) is 8.75 Å². The Hall–Kier alpha value is -2.20. The van der Waals surface area contributed by atoms with Gasteiger partial charge in [0, 0.05) is 13.0 Å². The molecule has 2 N–H and O–H groups in total. The van der Waals surface area contributed by atoms with Crippen LogP contribution in [-0.4, -0.2) is 60.3 Å². The molecule has 3 rings (SSSR count). The quantitative estimate of drug-likeness (QED) is 0.843. The fourth-order valence-corrected chi connectivity index (χ4v) is 3.31. The molecule has 0 radical (unpaired) electrons. The van der Waals surface area contributed by atoms with Crippen molar-refractivity contribution in [1.82, 2.24) is 13.6 Å². The summed E-state index contributed by atoms with van der Waals surface area (Å²) in [5.74, 6) is -7.20. The zero-order chi connectivity index (χ0) is 17.5. The average molecular weight is 357 g/mol. The monoisotopic (exact) mass is 357 g/mol. The Morgan fingerprint density at radius 2 is 2.12 bits per heavy atom. The van der Waals surface area contributed by atoms with E-state index in [0.717, 1.165) is 16.6 Å². The molecule has 10 heteroatoms. The Morgan fingerprint density at radius 1 is 1.38 bits per heavy atom. The van der Waals surface area contributed by atoms with Gasteiger partial charge in [-0.3, -0.25) is 4.79 Å². The molecule has 128 valence electrons. The Labute approximate surface area is 138 Å². The number of aromatic nitrogens is 2. The molecule has 24 heavy (non-hydrogen) atoms. The van der Waals surface area contributed by atoms with Gasteiger partial charge in [-0.1, -0.05) is 12.1 Å². The van der Waals surface area contributed by atoms with Crippen molar-refractivity contribution in [2.75, 3.05) is 13.1 Å². The van der Waals surface area contributed by atoms with E-state index in [1.165, 1.54) is 0 Å². The first kappa shape index (κ1) is 16.7. The average Bonchev–Trinajstić information content (AvgIpc) is 3.15. The molecule has 0 bridgehead atoms. The van der Waals surface area contributed by atoms with E-state index in [1.54, 1.807) is 18.2 Å². The zero-order valence-electron chi connectivity index (χ0n) is 12.3. The van der Waals surface area contributed by atoms with Crippen molar-refractivity contribution < 1.29 is 28.6 Å². The van der Waals surface area contributed by atoms with E-state index in [0.29, 0.717) is 16.6 Å². The number of hydrogen-bond acceptors (Lipinski definition) is 6. The summed E-state index contributed by atoms with van der Waals surface area (Å²) in [6.45, 7) is -0.861. The fraction of sp³-hybridized carbons (Fsp3) is 0.429. The minimum Gasteiger partial charge on any atom is -0.477 e. The van der Waals surface area contributed by atoms with Gasteiger partial charge in [-0.05, 0) is 11.6 Å². The number of fused-ring (bicyclic) bond motifs is 1. The van der Waals surface area contributed by atoms with Crippen LogP contribution in [0.5, 0.6) is 0 Å². The number of alkyl halides is 2. The van der Waals surface area contributed by atoms with Gasteiger partial charge < -0.3 is 15.1 Å². The lowest BCUT2D eigenvalue weighted by molar-refractivity contribution is -0.205. The van der Waals surface area contributed by atoms with Crippen molar-refractivity contribution >= 4 is 34.6 Å². The molecule has 1 aliphatic heterocycles. The van der Waals surface area contributed by atoms with Crippen LogP contribution >= 0.6 is 11.7 Å². The number of rotatable bonds is 4. The summed E-state index contributed by atoms with van der Waals surface area (Å²) in [5.41, 5.74) is -0.948. The van der Waals surface area contributed by atoms with Gasteiger partial charge in [-0.15, -0.1) is 0 Å². The number of β-amino-alcohol motifs (C(OH)–C–C–N with tert-alkyl or cyclic N) is 1. The Bertz CT molecular complexity index is 812. The lowest BCUT2D eigenvalue weighted by Crippen LogP contribution is -2.55. The molecule has 0 spiro atoms. The molecule has 0 saturated carbocycles. The van der Waals surface area contributed by atoms with E-state index >= 15 is 0 Å². The number of carboxylic acids is 1. The number of benzene rings is 1. The van der Waals surface area contributed by atoms with Crippen molar-refractivity contribution in [3.8, 4) is 0 Å². The molecular weight excluding hydrogens is 344 g/mol. The number of carbonyl (C=O) groups excluding carboxylic acids is 1. The maximum atomic E-state index is 13.7. The number of amides is 1. The zero-order valence-corrected chi connectivity index (χ0v) is 13.1. The third-order valence-corrected chi connectivity index (χ3v) is 4.71. The SMILES string of the molecule is O=C(Cc1cccc2nsnc12)N1CCC(O)(C(F)(F)C(=O)O)C1. The minimum absolute atomic E-state index is 0.0858. The smallest absolute Gasteiger partial charge is 0.377 e. The second kappa shape index (κ2) is 5.71. The van der Waals surface area contributed by atoms with E-state index in [4.69, 9.17) is 5.11 Å². The van der Waals surface area contributed by atoms with Crippen LogP contribution in [0, 0.1) is 0 Å². The van der Waals surface area contributed by atoms with Gasteiger partial charge in [-0.2, -0.15) is 17.5 Å². The standard InChI is InChI=1S/C14H13F2N3O4S/c15-14(16,12(21)22)13(23)4-5-19(7-13)10(20)6-8-2-1-3-9-11(8)18-24-17-9/h1-3,23H,4-7H2,(H,21,22). The normalized spacial score (nSPS) is 21.4. The first-order valence-electron chi connectivity index (χ1n) is 7.06. The highest BCUT2D eigenvalue weighted by atomic mass is 32.1. The van der Waals surface area contributed by atoms with E-state index in [1.807, 2.05) is 0 Å². The molecule has 1 aromatic carbocycles. The lowest BCUT2D eigenvalue weighted by Gasteiger charge is -2.28. The summed E-state index contributed by atoms with van der Waals surface area (Å²) in [6.07, 6.45) is -0.585. The summed E-state index contributed by atoms with van der Waals surface area (Å²) in [4.78, 5) is 24.1. The van der Waals surface area contributed by atoms with Crippen LogP contribution in [0.4, 0.5) is 8.78 Å². The highest BCUT2D eigenvalue weighted by Gasteiger charge is 2.61. The Morgan fingerprint density at radius 3 is 2.83 bits per heavy atom. The number of halogens is 2. The van der Waals surface area contributed by atoms with Gasteiger partial charge in [0.2, 0.25) is 5.91 Å². The summed E-state index contributed by atoms with van der Waals surface area (Å²) in [6, 6.07) is 5.15. The largest absolute Gasteiger partial charge is 0.477 e. The molecule has 2 heterocycles. The molecule has 1 saturated heterocycles. The number of aliphatic hydroxyl groups is 1. The molecule has 1 amide bonds. The van der Waals surface area contributed by atoms with Crippen molar-refractivity contribution in [1.29, 1.82) is 0 Å². The van der Waals surface area contributed by atoms with Crippen LogP contribution < -0.4 is 0 Å². The molecule has 1 atom stereocenters. The molecule has 1 fully saturated rings. The molecule has 1 aliphatic rings. The van der Waals surface area contributed by atoms with Crippen molar-refractivity contribution in [2.45, 2.75) is 24.4 Å². The van der Waals surface area contributed by atoms with E-state index in [9.17, 15) is 23.5 Å². The van der Waals surface area contributed by atoms with Crippen molar-refractivity contribution in [3.63, 3.8) is 0 Å². The number of likely N-dealkylation sites (tertiary alicyclic amines) is 1. The van der Waals surface area contributed by atoms with Crippen LogP contribution in [0.15, 0.2) is 18.2 Å². The van der Waals surface area contributed by atoms with Gasteiger partial charge in [0.25, 0.3) is 0 Å².